The van der Waals surface area contributed by atoms with Crippen molar-refractivity contribution in [1.29, 1.82) is 0 Å². The van der Waals surface area contributed by atoms with Crippen molar-refractivity contribution in [2.45, 2.75) is 0 Å². The first-order chi connectivity index (χ1) is 27.3. The van der Waals surface area contributed by atoms with Crippen LogP contribution in [0.2, 0.25) is 0 Å². The van der Waals surface area contributed by atoms with Crippen LogP contribution in [0.3, 0.4) is 0 Å². The van der Waals surface area contributed by atoms with Gasteiger partial charge in [0.2, 0.25) is 0 Å². The highest BCUT2D eigenvalue weighted by Gasteiger charge is 2.26. The Morgan fingerprint density at radius 3 is 1.60 bits per heavy atom. The van der Waals surface area contributed by atoms with Crippen molar-refractivity contribution in [2.75, 3.05) is 4.90 Å². The molecule has 3 heteroatoms. The predicted molar refractivity (Wildman–Crippen MR) is 229 cm³/mol. The van der Waals surface area contributed by atoms with E-state index in [1.165, 1.54) is 11.1 Å². The van der Waals surface area contributed by atoms with Crippen molar-refractivity contribution in [1.82, 2.24) is 0 Å². The Hall–Kier alpha value is -7.36. The number of hydrogen-bond acceptors (Lipinski definition) is 3. The summed E-state index contributed by atoms with van der Waals surface area (Å²) >= 11 is 0. The fraction of sp³-hybridized carbons (Fsp3) is 0. The van der Waals surface area contributed by atoms with E-state index < -0.39 is 0 Å². The van der Waals surface area contributed by atoms with Crippen LogP contribution in [0, 0.1) is 0 Å². The van der Waals surface area contributed by atoms with Gasteiger partial charge in [-0.05, 0) is 58.1 Å². The summed E-state index contributed by atoms with van der Waals surface area (Å²) in [5, 5.41) is 6.45. The number of rotatable bonds is 6. The van der Waals surface area contributed by atoms with Gasteiger partial charge in [0.25, 0.3) is 0 Å². The van der Waals surface area contributed by atoms with E-state index in [4.69, 9.17) is 8.83 Å². The molecule has 0 N–H and O–H groups in total. The van der Waals surface area contributed by atoms with Crippen molar-refractivity contribution in [3.05, 3.63) is 200 Å². The van der Waals surface area contributed by atoms with Crippen LogP contribution < -0.4 is 4.90 Å². The Bertz CT molecular complexity index is 3210. The molecule has 0 amide bonds. The molecule has 0 aliphatic rings. The average Bonchev–Trinajstić information content (AvgIpc) is 3.84. The molecule has 0 saturated carbocycles. The molecule has 0 aliphatic carbocycles. The van der Waals surface area contributed by atoms with Gasteiger partial charge in [0.15, 0.2) is 5.58 Å². The van der Waals surface area contributed by atoms with Gasteiger partial charge in [-0.1, -0.05) is 170 Å². The van der Waals surface area contributed by atoms with Crippen LogP contribution in [0.5, 0.6) is 0 Å². The second kappa shape index (κ2) is 12.6. The van der Waals surface area contributed by atoms with Crippen molar-refractivity contribution < 1.29 is 8.83 Å². The van der Waals surface area contributed by atoms with Gasteiger partial charge in [-0.15, -0.1) is 0 Å². The van der Waals surface area contributed by atoms with Gasteiger partial charge in [-0.25, -0.2) is 0 Å². The second-order valence-electron chi connectivity index (χ2n) is 14.0. The summed E-state index contributed by atoms with van der Waals surface area (Å²) in [6, 6.07) is 70.8. The number of nitrogens with zero attached hydrogens (tertiary/aromatic N) is 1. The van der Waals surface area contributed by atoms with E-state index in [0.717, 1.165) is 94.0 Å². The molecule has 0 bridgehead atoms. The van der Waals surface area contributed by atoms with Gasteiger partial charge >= 0.3 is 0 Å². The summed E-state index contributed by atoms with van der Waals surface area (Å²) in [5.74, 6) is 0. The van der Waals surface area contributed by atoms with Gasteiger partial charge < -0.3 is 13.7 Å². The van der Waals surface area contributed by atoms with E-state index >= 15 is 0 Å². The number of para-hydroxylation sites is 3. The van der Waals surface area contributed by atoms with Crippen LogP contribution >= 0.6 is 0 Å². The summed E-state index contributed by atoms with van der Waals surface area (Å²) in [4.78, 5) is 2.40. The number of benzene rings is 9. The number of fused-ring (bicyclic) bond motifs is 8. The minimum absolute atomic E-state index is 0.838. The number of anilines is 3. The summed E-state index contributed by atoms with van der Waals surface area (Å²) in [6.45, 7) is 0. The first-order valence-corrected chi connectivity index (χ1v) is 18.7. The van der Waals surface area contributed by atoms with Crippen molar-refractivity contribution in [3.63, 3.8) is 0 Å². The Morgan fingerprint density at radius 2 is 0.800 bits per heavy atom. The first-order valence-electron chi connectivity index (χ1n) is 18.7. The smallest absolute Gasteiger partial charge is 0.159 e. The Morgan fingerprint density at radius 1 is 0.291 bits per heavy atom. The minimum atomic E-state index is 0.838. The fourth-order valence-electron chi connectivity index (χ4n) is 8.45. The summed E-state index contributed by atoms with van der Waals surface area (Å²) in [7, 11) is 0. The third-order valence-corrected chi connectivity index (χ3v) is 10.9. The maximum absolute atomic E-state index is 6.89. The zero-order valence-corrected chi connectivity index (χ0v) is 29.8. The molecule has 11 aromatic rings. The molecule has 2 aromatic heterocycles. The van der Waals surface area contributed by atoms with Gasteiger partial charge in [-0.2, -0.15) is 0 Å². The minimum Gasteiger partial charge on any atom is -0.455 e. The molecule has 3 nitrogen and oxygen atoms in total. The molecule has 9 aromatic carbocycles. The van der Waals surface area contributed by atoms with Gasteiger partial charge in [-0.3, -0.25) is 0 Å². The highest BCUT2D eigenvalue weighted by molar-refractivity contribution is 6.24. The lowest BCUT2D eigenvalue weighted by Gasteiger charge is -2.29. The average molecular weight is 704 g/mol. The highest BCUT2D eigenvalue weighted by Crippen LogP contribution is 2.50. The standard InChI is InChI=1S/C52H33NO2/c1-3-17-34(18-4-1)36-21-7-8-23-38(36)41-27-16-32-49-50(41)44-33-47(39-24-9-10-26-42(39)51(44)55-49)53(45-29-13-11-22-37(45)35-19-5-2-6-20-35)46-30-15-28-43-40-25-12-14-31-48(40)54-52(43)46/h1-33H. The summed E-state index contributed by atoms with van der Waals surface area (Å²) in [6.07, 6.45) is 0. The Labute approximate surface area is 317 Å². The fourth-order valence-corrected chi connectivity index (χ4v) is 8.45. The maximum atomic E-state index is 6.89. The SMILES string of the molecule is c1ccc(-c2ccccc2-c2cccc3oc4c5ccccc5c(N(c5ccccc5-c5ccccc5)c5cccc6c5oc5ccccc56)cc4c23)cc1. The molecule has 0 atom stereocenters. The third kappa shape index (κ3) is 4.98. The highest BCUT2D eigenvalue weighted by atomic mass is 16.3. The topological polar surface area (TPSA) is 29.5 Å². The Balaban J connectivity index is 1.26. The van der Waals surface area contributed by atoms with E-state index in [9.17, 15) is 0 Å². The van der Waals surface area contributed by atoms with E-state index in [-0.39, 0.29) is 0 Å². The van der Waals surface area contributed by atoms with Crippen LogP contribution in [0.4, 0.5) is 17.1 Å². The maximum Gasteiger partial charge on any atom is 0.159 e. The molecule has 0 unspecified atom stereocenters. The largest absolute Gasteiger partial charge is 0.455 e. The van der Waals surface area contributed by atoms with Crippen molar-refractivity contribution in [3.8, 4) is 33.4 Å². The molecule has 0 aliphatic heterocycles. The van der Waals surface area contributed by atoms with Gasteiger partial charge in [0, 0.05) is 37.9 Å². The predicted octanol–water partition coefficient (Wildman–Crippen LogP) is 15.1. The Kier molecular flexibility index (Phi) is 7.17. The zero-order valence-electron chi connectivity index (χ0n) is 29.8. The molecule has 0 saturated heterocycles. The lowest BCUT2D eigenvalue weighted by Crippen LogP contribution is -2.12. The molecule has 0 fully saturated rings. The normalized spacial score (nSPS) is 11.6. The molecule has 258 valence electrons. The van der Waals surface area contributed by atoms with Gasteiger partial charge in [0.05, 0.1) is 17.1 Å². The molecule has 0 spiro atoms. The second-order valence-corrected chi connectivity index (χ2v) is 14.0. The van der Waals surface area contributed by atoms with Crippen LogP contribution in [0.15, 0.2) is 209 Å². The third-order valence-electron chi connectivity index (χ3n) is 10.9. The monoisotopic (exact) mass is 703 g/mol. The van der Waals surface area contributed by atoms with Crippen LogP contribution in [0.1, 0.15) is 0 Å². The molecule has 2 heterocycles. The lowest BCUT2D eigenvalue weighted by atomic mass is 9.91. The van der Waals surface area contributed by atoms with Crippen molar-refractivity contribution in [2.24, 2.45) is 0 Å². The van der Waals surface area contributed by atoms with Gasteiger partial charge in [0.1, 0.15) is 16.7 Å². The van der Waals surface area contributed by atoms with E-state index in [1.54, 1.807) is 0 Å². The van der Waals surface area contributed by atoms with Crippen LogP contribution in [-0.2, 0) is 0 Å². The van der Waals surface area contributed by atoms with E-state index in [2.05, 4.69) is 199 Å². The number of hydrogen-bond donors (Lipinski definition) is 0. The van der Waals surface area contributed by atoms with E-state index in [0.29, 0.717) is 0 Å². The van der Waals surface area contributed by atoms with Crippen LogP contribution in [-0.4, -0.2) is 0 Å². The first kappa shape index (κ1) is 31.2. The van der Waals surface area contributed by atoms with Crippen LogP contribution in [0.25, 0.3) is 88.0 Å². The molecule has 0 radical (unpaired) electrons. The molecular formula is C52H33NO2. The summed E-state index contributed by atoms with van der Waals surface area (Å²) < 4.78 is 13.7. The van der Waals surface area contributed by atoms with Crippen molar-refractivity contribution >= 4 is 71.7 Å². The summed E-state index contributed by atoms with van der Waals surface area (Å²) in [5.41, 5.74) is 13.4. The lowest BCUT2D eigenvalue weighted by molar-refractivity contribution is 0.669. The quantitative estimate of drug-likeness (QED) is 0.173. The zero-order chi connectivity index (χ0) is 36.3. The molecular weight excluding hydrogens is 671 g/mol. The van der Waals surface area contributed by atoms with E-state index in [1.807, 2.05) is 6.07 Å². The number of furan rings is 2. The molecule has 11 rings (SSSR count). The molecule has 55 heavy (non-hydrogen) atoms.